The molecule has 0 aliphatic carbocycles. The molecule has 1 heterocycles. The Morgan fingerprint density at radius 3 is 2.57 bits per heavy atom. The molecule has 0 aliphatic rings. The summed E-state index contributed by atoms with van der Waals surface area (Å²) in [7, 11) is 1.28. The standard InChI is InChI=1S/C21H17ClF3N3O2/c1-29-21(27)15-4-2-3-12(19(15)25)10-28-8-7-17(18(22)20(28)26)30-11-13-5-6-14(23)9-16(13)24/h2-9,26-27H,10-11H2,1H3. The van der Waals surface area contributed by atoms with Gasteiger partial charge in [0.15, 0.2) is 0 Å². The minimum absolute atomic E-state index is 0.00880. The number of hydrogen-bond donors (Lipinski definition) is 2. The molecular formula is C21H17ClF3N3O2. The van der Waals surface area contributed by atoms with E-state index in [0.29, 0.717) is 0 Å². The van der Waals surface area contributed by atoms with Gasteiger partial charge in [0.25, 0.3) is 0 Å². The van der Waals surface area contributed by atoms with E-state index >= 15 is 0 Å². The minimum atomic E-state index is -0.750. The molecule has 3 aromatic rings. The zero-order valence-corrected chi connectivity index (χ0v) is 16.6. The van der Waals surface area contributed by atoms with E-state index in [4.69, 9.17) is 31.9 Å². The average Bonchev–Trinajstić information content (AvgIpc) is 2.72. The lowest BCUT2D eigenvalue weighted by Gasteiger charge is -2.14. The first kappa shape index (κ1) is 21.4. The Kier molecular flexibility index (Phi) is 6.47. The maximum Gasteiger partial charge on any atom is 0.215 e. The molecule has 3 rings (SSSR count). The molecule has 1 aromatic heterocycles. The van der Waals surface area contributed by atoms with E-state index in [1.165, 1.54) is 42.1 Å². The van der Waals surface area contributed by atoms with Crippen LogP contribution < -0.4 is 10.2 Å². The van der Waals surface area contributed by atoms with Crippen LogP contribution >= 0.6 is 11.6 Å². The molecule has 0 amide bonds. The SMILES string of the molecule is COC(=N)c1cccc(Cn2ccc(OCc3ccc(F)cc3F)c(Cl)c2=N)c1F. The molecule has 5 nitrogen and oxygen atoms in total. The van der Waals surface area contributed by atoms with Crippen molar-refractivity contribution in [3.8, 4) is 5.75 Å². The van der Waals surface area contributed by atoms with Gasteiger partial charge in [-0.1, -0.05) is 23.7 Å². The fraction of sp³-hybridized carbons (Fsp3) is 0.143. The van der Waals surface area contributed by atoms with E-state index in [0.717, 1.165) is 12.1 Å². The van der Waals surface area contributed by atoms with Gasteiger partial charge < -0.3 is 14.0 Å². The van der Waals surface area contributed by atoms with Crippen molar-refractivity contribution in [2.75, 3.05) is 7.11 Å². The number of aromatic nitrogens is 1. The summed E-state index contributed by atoms with van der Waals surface area (Å²) in [6.45, 7) is -0.215. The van der Waals surface area contributed by atoms with E-state index in [-0.39, 0.29) is 52.0 Å². The largest absolute Gasteiger partial charge is 0.487 e. The Hall–Kier alpha value is -3.26. The van der Waals surface area contributed by atoms with Gasteiger partial charge in [0.1, 0.15) is 40.3 Å². The molecule has 2 N–H and O–H groups in total. The van der Waals surface area contributed by atoms with Crippen molar-refractivity contribution >= 4 is 17.5 Å². The maximum atomic E-state index is 14.7. The molecule has 0 unspecified atom stereocenters. The van der Waals surface area contributed by atoms with Gasteiger partial charge in [-0.2, -0.15) is 0 Å². The number of ether oxygens (including phenoxy) is 2. The van der Waals surface area contributed by atoms with Gasteiger partial charge >= 0.3 is 0 Å². The van der Waals surface area contributed by atoms with Crippen LogP contribution in [0.5, 0.6) is 5.75 Å². The van der Waals surface area contributed by atoms with Crippen LogP contribution in [0, 0.1) is 28.3 Å². The van der Waals surface area contributed by atoms with Crippen molar-refractivity contribution in [1.29, 1.82) is 10.8 Å². The second kappa shape index (κ2) is 9.04. The van der Waals surface area contributed by atoms with Crippen LogP contribution in [-0.2, 0) is 17.9 Å². The molecule has 2 aromatic carbocycles. The number of halogens is 4. The Labute approximate surface area is 175 Å². The Morgan fingerprint density at radius 1 is 1.10 bits per heavy atom. The van der Waals surface area contributed by atoms with Crippen molar-refractivity contribution in [3.05, 3.63) is 93.3 Å². The summed E-state index contributed by atoms with van der Waals surface area (Å²) in [6, 6.07) is 9.14. The highest BCUT2D eigenvalue weighted by Gasteiger charge is 2.15. The predicted octanol–water partition coefficient (Wildman–Crippen LogP) is 4.64. The maximum absolute atomic E-state index is 14.7. The van der Waals surface area contributed by atoms with Crippen molar-refractivity contribution in [2.24, 2.45) is 0 Å². The lowest BCUT2D eigenvalue weighted by atomic mass is 10.1. The number of nitrogens with zero attached hydrogens (tertiary/aromatic N) is 1. The van der Waals surface area contributed by atoms with Crippen LogP contribution in [0.1, 0.15) is 16.7 Å². The molecular weight excluding hydrogens is 419 g/mol. The third kappa shape index (κ3) is 4.49. The van der Waals surface area contributed by atoms with Crippen LogP contribution in [0.4, 0.5) is 13.2 Å². The smallest absolute Gasteiger partial charge is 0.215 e. The van der Waals surface area contributed by atoms with E-state index in [1.807, 2.05) is 0 Å². The summed E-state index contributed by atoms with van der Waals surface area (Å²) in [5.41, 5.74) is 0.246. The van der Waals surface area contributed by atoms with E-state index in [9.17, 15) is 13.2 Å². The predicted molar refractivity (Wildman–Crippen MR) is 105 cm³/mol. The normalized spacial score (nSPS) is 10.7. The molecule has 156 valence electrons. The first-order valence-electron chi connectivity index (χ1n) is 8.72. The summed E-state index contributed by atoms with van der Waals surface area (Å²) in [4.78, 5) is 0. The minimum Gasteiger partial charge on any atom is -0.487 e. The molecule has 0 saturated heterocycles. The molecule has 0 saturated carbocycles. The van der Waals surface area contributed by atoms with Crippen LogP contribution in [0.3, 0.4) is 0 Å². The van der Waals surface area contributed by atoms with Crippen LogP contribution in [0.25, 0.3) is 0 Å². The molecule has 0 bridgehead atoms. The fourth-order valence-corrected chi connectivity index (χ4v) is 2.98. The molecule has 0 atom stereocenters. The third-order valence-electron chi connectivity index (χ3n) is 4.38. The quantitative estimate of drug-likeness (QED) is 0.437. The highest BCUT2D eigenvalue weighted by atomic mass is 35.5. The van der Waals surface area contributed by atoms with Crippen molar-refractivity contribution in [1.82, 2.24) is 4.57 Å². The molecule has 0 aliphatic heterocycles. The summed E-state index contributed by atoms with van der Waals surface area (Å²) < 4.78 is 53.0. The number of methoxy groups -OCH3 is 1. The number of pyridine rings is 1. The molecule has 0 radical (unpaired) electrons. The zero-order valence-electron chi connectivity index (χ0n) is 15.8. The first-order chi connectivity index (χ1) is 14.3. The fourth-order valence-electron chi connectivity index (χ4n) is 2.76. The van der Waals surface area contributed by atoms with E-state index in [1.54, 1.807) is 6.07 Å². The van der Waals surface area contributed by atoms with Gasteiger partial charge in [0.2, 0.25) is 5.90 Å². The topological polar surface area (TPSA) is 71.1 Å². The Balaban J connectivity index is 1.82. The number of nitrogens with one attached hydrogen (secondary N) is 2. The Bertz CT molecular complexity index is 1160. The number of hydrogen-bond acceptors (Lipinski definition) is 4. The summed E-state index contributed by atoms with van der Waals surface area (Å²) in [5, 5.41) is 15.8. The summed E-state index contributed by atoms with van der Waals surface area (Å²) >= 11 is 6.20. The highest BCUT2D eigenvalue weighted by Crippen LogP contribution is 2.22. The monoisotopic (exact) mass is 435 g/mol. The van der Waals surface area contributed by atoms with Crippen LogP contribution in [0.2, 0.25) is 5.02 Å². The first-order valence-corrected chi connectivity index (χ1v) is 9.10. The second-order valence-corrected chi connectivity index (χ2v) is 6.68. The van der Waals surface area contributed by atoms with Gasteiger partial charge in [-0.3, -0.25) is 10.8 Å². The zero-order chi connectivity index (χ0) is 21.8. The summed E-state index contributed by atoms with van der Waals surface area (Å²) in [6.07, 6.45) is 1.48. The van der Waals surface area contributed by atoms with Gasteiger partial charge in [0, 0.05) is 23.4 Å². The van der Waals surface area contributed by atoms with Crippen molar-refractivity contribution in [3.63, 3.8) is 0 Å². The van der Waals surface area contributed by atoms with E-state index in [2.05, 4.69) is 0 Å². The highest BCUT2D eigenvalue weighted by molar-refractivity contribution is 6.31. The molecule has 0 fully saturated rings. The van der Waals surface area contributed by atoms with Crippen molar-refractivity contribution in [2.45, 2.75) is 13.2 Å². The average molecular weight is 436 g/mol. The lowest BCUT2D eigenvalue weighted by Crippen LogP contribution is -2.22. The van der Waals surface area contributed by atoms with E-state index < -0.39 is 17.5 Å². The third-order valence-corrected chi connectivity index (χ3v) is 4.75. The van der Waals surface area contributed by atoms with Crippen LogP contribution in [0.15, 0.2) is 48.7 Å². The molecule has 30 heavy (non-hydrogen) atoms. The number of rotatable bonds is 6. The lowest BCUT2D eigenvalue weighted by molar-refractivity contribution is 0.298. The summed E-state index contributed by atoms with van der Waals surface area (Å²) in [5.74, 6) is -2.24. The van der Waals surface area contributed by atoms with Crippen molar-refractivity contribution < 1.29 is 22.6 Å². The van der Waals surface area contributed by atoms with Gasteiger partial charge in [0.05, 0.1) is 19.2 Å². The second-order valence-electron chi connectivity index (χ2n) is 6.31. The van der Waals surface area contributed by atoms with Gasteiger partial charge in [-0.05, 0) is 24.3 Å². The van der Waals surface area contributed by atoms with Gasteiger partial charge in [-0.15, -0.1) is 0 Å². The Morgan fingerprint density at radius 2 is 1.87 bits per heavy atom. The van der Waals surface area contributed by atoms with Gasteiger partial charge in [-0.25, -0.2) is 13.2 Å². The molecule has 9 heteroatoms. The molecule has 0 spiro atoms. The number of benzene rings is 2. The van der Waals surface area contributed by atoms with Crippen LogP contribution in [-0.4, -0.2) is 17.6 Å².